The molecule has 4 nitrogen and oxygen atoms in total. The average molecular weight is 278 g/mol. The molecule has 0 aliphatic carbocycles. The molecule has 0 saturated carbocycles. The molecular weight excluding hydrogens is 267 g/mol. The Morgan fingerprint density at radius 2 is 1.18 bits per heavy atom. The fourth-order valence-corrected chi connectivity index (χ4v) is 1.12. The Balaban J connectivity index is 0. The van der Waals surface area contributed by atoms with Gasteiger partial charge in [-0.15, -0.1) is 0 Å². The molecule has 2 heterocycles. The van der Waals surface area contributed by atoms with E-state index in [2.05, 4.69) is 24.4 Å². The summed E-state index contributed by atoms with van der Waals surface area (Å²) < 4.78 is 2.64. The van der Waals surface area contributed by atoms with Gasteiger partial charge in [-0.3, -0.25) is 0 Å². The third kappa shape index (κ3) is 5.99. The Kier molecular flexibility index (Phi) is 8.11. The second-order valence-corrected chi connectivity index (χ2v) is 3.60. The van der Waals surface area contributed by atoms with Crippen molar-refractivity contribution in [2.75, 3.05) is 0 Å². The molecular formula is C10H11N2NaO2S2. The van der Waals surface area contributed by atoms with E-state index in [9.17, 15) is 0 Å². The normalized spacial score (nSPS) is 8.47. The van der Waals surface area contributed by atoms with Crippen LogP contribution in [0.5, 0.6) is 0 Å². The number of aromatic nitrogens is 2. The van der Waals surface area contributed by atoms with Gasteiger partial charge < -0.3 is 11.8 Å². The van der Waals surface area contributed by atoms with Crippen molar-refractivity contribution in [3.8, 4) is 0 Å². The molecule has 0 radical (unpaired) electrons. The van der Waals surface area contributed by atoms with Crippen molar-refractivity contribution in [2.45, 2.75) is 0 Å². The minimum Gasteiger partial charge on any atom is -1.00 e. The summed E-state index contributed by atoms with van der Waals surface area (Å²) in [5.74, 6) is 0. The van der Waals surface area contributed by atoms with E-state index < -0.39 is 0 Å². The quantitative estimate of drug-likeness (QED) is 0.405. The molecule has 0 bridgehead atoms. The number of nitrogens with zero attached hydrogens (tertiary/aromatic N) is 2. The predicted octanol–water partition coefficient (Wildman–Crippen LogP) is 0.0263. The predicted molar refractivity (Wildman–Crippen MR) is 66.0 cm³/mol. The van der Waals surface area contributed by atoms with Crippen LogP contribution >= 0.6 is 24.4 Å². The Labute approximate surface area is 132 Å². The van der Waals surface area contributed by atoms with Crippen molar-refractivity contribution >= 4 is 24.4 Å². The fraction of sp³-hybridized carbons (Fsp3) is 0. The molecule has 2 aromatic heterocycles. The van der Waals surface area contributed by atoms with Crippen molar-refractivity contribution in [3.05, 3.63) is 58.1 Å². The van der Waals surface area contributed by atoms with Gasteiger partial charge in [0.15, 0.2) is 0 Å². The molecule has 0 aliphatic heterocycles. The van der Waals surface area contributed by atoms with Crippen LogP contribution in [-0.4, -0.2) is 19.9 Å². The van der Waals surface area contributed by atoms with E-state index in [1.165, 1.54) is 12.4 Å². The number of pyridine rings is 2. The van der Waals surface area contributed by atoms with Gasteiger partial charge in [0.1, 0.15) is 9.28 Å². The van der Waals surface area contributed by atoms with Crippen LogP contribution in [0.25, 0.3) is 0 Å². The molecule has 0 aliphatic rings. The van der Waals surface area contributed by atoms with Crippen LogP contribution in [-0.2, 0) is 0 Å². The molecule has 0 aromatic carbocycles. The first-order valence-corrected chi connectivity index (χ1v) is 5.17. The van der Waals surface area contributed by atoms with Crippen LogP contribution in [0, 0.1) is 9.28 Å². The zero-order chi connectivity index (χ0) is 12.0. The first-order chi connectivity index (χ1) is 7.61. The van der Waals surface area contributed by atoms with Crippen LogP contribution in [0.15, 0.2) is 48.8 Å². The maximum Gasteiger partial charge on any atom is 1.00 e. The molecule has 0 amide bonds. The van der Waals surface area contributed by atoms with E-state index in [-0.39, 0.29) is 31.0 Å². The average Bonchev–Trinajstić information content (AvgIpc) is 2.28. The maximum atomic E-state index is 8.73. The summed E-state index contributed by atoms with van der Waals surface area (Å²) in [6.45, 7) is 0. The van der Waals surface area contributed by atoms with E-state index in [0.717, 1.165) is 9.46 Å². The number of hydrogen-bond donors (Lipinski definition) is 2. The Morgan fingerprint density at radius 1 is 0.824 bits per heavy atom. The van der Waals surface area contributed by atoms with Gasteiger partial charge in [-0.25, -0.2) is 0 Å². The van der Waals surface area contributed by atoms with E-state index in [4.69, 9.17) is 10.4 Å². The van der Waals surface area contributed by atoms with Crippen LogP contribution in [0.4, 0.5) is 0 Å². The van der Waals surface area contributed by atoms with Crippen LogP contribution < -0.4 is 29.6 Å². The summed E-state index contributed by atoms with van der Waals surface area (Å²) in [4.78, 5) is 0. The topological polar surface area (TPSA) is 50.3 Å². The monoisotopic (exact) mass is 278 g/mol. The second kappa shape index (κ2) is 8.43. The van der Waals surface area contributed by atoms with Gasteiger partial charge in [0.25, 0.3) is 0 Å². The smallest absolute Gasteiger partial charge is 1.00 e. The maximum absolute atomic E-state index is 8.73. The van der Waals surface area contributed by atoms with Crippen LogP contribution in [0.2, 0.25) is 0 Å². The van der Waals surface area contributed by atoms with Gasteiger partial charge >= 0.3 is 29.6 Å². The first-order valence-electron chi connectivity index (χ1n) is 4.35. The molecule has 86 valence electrons. The van der Waals surface area contributed by atoms with Crippen molar-refractivity contribution < 1.29 is 41.4 Å². The summed E-state index contributed by atoms with van der Waals surface area (Å²) in [7, 11) is 0. The molecule has 0 fully saturated rings. The van der Waals surface area contributed by atoms with Gasteiger partial charge in [-0.05, 0) is 24.3 Å². The summed E-state index contributed by atoms with van der Waals surface area (Å²) in [6, 6.07) is 10.3. The van der Waals surface area contributed by atoms with E-state index in [0.29, 0.717) is 9.28 Å². The molecule has 0 spiro atoms. The van der Waals surface area contributed by atoms with Crippen LogP contribution in [0.3, 0.4) is 0 Å². The summed E-state index contributed by atoms with van der Waals surface area (Å²) >= 11 is 9.33. The molecule has 0 unspecified atom stereocenters. The molecule has 2 N–H and O–H groups in total. The van der Waals surface area contributed by atoms with Gasteiger partial charge in [-0.1, -0.05) is 36.6 Å². The zero-order valence-corrected chi connectivity index (χ0v) is 12.9. The largest absolute Gasteiger partial charge is 1.00 e. The minimum atomic E-state index is 0. The summed E-state index contributed by atoms with van der Waals surface area (Å²) in [5, 5.41) is 17.5. The fourth-order valence-electron chi connectivity index (χ4n) is 0.838. The Hall–Kier alpha value is -0.660. The van der Waals surface area contributed by atoms with Crippen molar-refractivity contribution in [1.82, 2.24) is 9.46 Å². The second-order valence-electron chi connectivity index (χ2n) is 2.77. The van der Waals surface area contributed by atoms with Gasteiger partial charge in [-0.2, -0.15) is 9.46 Å². The molecule has 7 heteroatoms. The zero-order valence-electron chi connectivity index (χ0n) is 10.2. The van der Waals surface area contributed by atoms with Crippen LogP contribution in [0.1, 0.15) is 1.43 Å². The van der Waals surface area contributed by atoms with Gasteiger partial charge in [0.2, 0.25) is 0 Å². The number of rotatable bonds is 0. The molecule has 0 atom stereocenters. The Bertz CT molecular complexity index is 522. The molecule has 0 saturated heterocycles. The third-order valence-corrected chi connectivity index (χ3v) is 2.25. The van der Waals surface area contributed by atoms with E-state index in [1.54, 1.807) is 36.4 Å². The van der Waals surface area contributed by atoms with Gasteiger partial charge in [0.05, 0.1) is 0 Å². The SMILES string of the molecule is On1ccccc1=S.On1ccccc1=S.[H-].[Na+]. The minimum absolute atomic E-state index is 0. The summed E-state index contributed by atoms with van der Waals surface area (Å²) in [6.07, 6.45) is 2.98. The third-order valence-electron chi connectivity index (χ3n) is 1.61. The van der Waals surface area contributed by atoms with E-state index in [1.807, 2.05) is 0 Å². The summed E-state index contributed by atoms with van der Waals surface area (Å²) in [5.41, 5.74) is 0. The standard InChI is InChI=1S/2C5H5NOS.Na.H/c2*7-6-4-2-1-3-5(6)8;;/h2*1-4,7H;;/q;;+1;-1. The molecule has 17 heavy (non-hydrogen) atoms. The van der Waals surface area contributed by atoms with E-state index >= 15 is 0 Å². The van der Waals surface area contributed by atoms with Crippen molar-refractivity contribution in [3.63, 3.8) is 0 Å². The first kappa shape index (κ1) is 16.3. The molecule has 2 aromatic rings. The van der Waals surface area contributed by atoms with Crippen molar-refractivity contribution in [1.29, 1.82) is 0 Å². The Morgan fingerprint density at radius 3 is 1.35 bits per heavy atom. The van der Waals surface area contributed by atoms with Gasteiger partial charge in [0, 0.05) is 12.4 Å². The number of hydrogen-bond acceptors (Lipinski definition) is 4. The van der Waals surface area contributed by atoms with Crippen molar-refractivity contribution in [2.24, 2.45) is 0 Å². The molecule has 2 rings (SSSR count).